The van der Waals surface area contributed by atoms with Gasteiger partial charge >= 0.3 is 0 Å². The summed E-state index contributed by atoms with van der Waals surface area (Å²) in [5, 5.41) is 0.664. The lowest BCUT2D eigenvalue weighted by Crippen LogP contribution is -2.31. The van der Waals surface area contributed by atoms with E-state index in [1.165, 1.54) is 57.3 Å². The average molecular weight is 657 g/mol. The minimum atomic E-state index is -3.81. The second-order valence-electron chi connectivity index (χ2n) is 11.0. The van der Waals surface area contributed by atoms with Gasteiger partial charge in [0.05, 0.1) is 33.9 Å². The molecule has 1 aliphatic heterocycles. The number of halogens is 2. The molecule has 2 amide bonds. The lowest BCUT2D eigenvalue weighted by atomic mass is 10.00. The molecular weight excluding hydrogens is 630 g/mol. The summed E-state index contributed by atoms with van der Waals surface area (Å²) in [6.07, 6.45) is 0. The van der Waals surface area contributed by atoms with E-state index in [0.29, 0.717) is 44.9 Å². The third-order valence-electron chi connectivity index (χ3n) is 8.19. The lowest BCUT2D eigenvalue weighted by Gasteiger charge is -2.21. The van der Waals surface area contributed by atoms with E-state index in [2.05, 4.69) is 4.72 Å². The van der Waals surface area contributed by atoms with Crippen LogP contribution < -0.4 is 9.46 Å². The average Bonchev–Trinajstić information content (AvgIpc) is 3.63. The number of imide groups is 1. The van der Waals surface area contributed by atoms with Crippen LogP contribution in [0.4, 0.5) is 14.5 Å². The maximum atomic E-state index is 14.7. The van der Waals surface area contributed by atoms with Gasteiger partial charge in [-0.1, -0.05) is 6.07 Å². The fraction of sp³-hybridized carbons (Fsp3) is 0.147. The topological polar surface area (TPSA) is 124 Å². The first-order chi connectivity index (χ1) is 22.5. The number of ether oxygens (including phenoxy) is 1. The molecule has 0 saturated carbocycles. The van der Waals surface area contributed by atoms with Crippen LogP contribution in [0.5, 0.6) is 5.75 Å². The van der Waals surface area contributed by atoms with Crippen molar-refractivity contribution in [2.24, 2.45) is 0 Å². The van der Waals surface area contributed by atoms with Crippen molar-refractivity contribution in [3.63, 3.8) is 0 Å². The van der Waals surface area contributed by atoms with Crippen LogP contribution in [0, 0.1) is 11.6 Å². The number of fused-ring (bicyclic) bond motifs is 6. The van der Waals surface area contributed by atoms with Gasteiger partial charge < -0.3 is 13.7 Å². The Hall–Kier alpha value is -5.56. The van der Waals surface area contributed by atoms with Gasteiger partial charge in [-0.15, -0.1) is 0 Å². The number of aromatic nitrogens is 2. The molecule has 47 heavy (non-hydrogen) atoms. The largest absolute Gasteiger partial charge is 0.470 e. The van der Waals surface area contributed by atoms with Crippen LogP contribution in [0.3, 0.4) is 0 Å². The van der Waals surface area contributed by atoms with Gasteiger partial charge in [0.1, 0.15) is 34.4 Å². The number of hydrogen-bond acceptors (Lipinski definition) is 7. The fourth-order valence-electron chi connectivity index (χ4n) is 5.62. The van der Waals surface area contributed by atoms with Crippen LogP contribution in [-0.4, -0.2) is 47.5 Å². The predicted octanol–water partition coefficient (Wildman–Crippen LogP) is 6.79. The Morgan fingerprint density at radius 3 is 2.51 bits per heavy atom. The number of pyridine rings is 1. The Labute approximate surface area is 267 Å². The van der Waals surface area contributed by atoms with Crippen molar-refractivity contribution >= 4 is 49.4 Å². The second kappa shape index (κ2) is 11.1. The zero-order chi connectivity index (χ0) is 33.2. The molecule has 0 aliphatic carbocycles. The van der Waals surface area contributed by atoms with Gasteiger partial charge in [0.2, 0.25) is 15.9 Å². The van der Waals surface area contributed by atoms with Crippen LogP contribution in [0.1, 0.15) is 24.2 Å². The van der Waals surface area contributed by atoms with E-state index in [-0.39, 0.29) is 40.5 Å². The molecule has 0 saturated heterocycles. The van der Waals surface area contributed by atoms with Gasteiger partial charge in [-0.25, -0.2) is 22.2 Å². The first kappa shape index (κ1) is 30.1. The van der Waals surface area contributed by atoms with Crippen molar-refractivity contribution < 1.29 is 35.9 Å². The number of furan rings is 1. The molecule has 3 aromatic carbocycles. The monoisotopic (exact) mass is 656 g/mol. The van der Waals surface area contributed by atoms with Crippen LogP contribution >= 0.6 is 0 Å². The summed E-state index contributed by atoms with van der Waals surface area (Å²) in [5.41, 5.74) is 2.88. The van der Waals surface area contributed by atoms with E-state index in [1.807, 2.05) is 0 Å². The van der Waals surface area contributed by atoms with Crippen LogP contribution in [0.25, 0.3) is 55.8 Å². The first-order valence-electron chi connectivity index (χ1n) is 14.5. The Morgan fingerprint density at radius 2 is 1.79 bits per heavy atom. The minimum absolute atomic E-state index is 0.0207. The molecule has 0 bridgehead atoms. The summed E-state index contributed by atoms with van der Waals surface area (Å²) in [6, 6.07) is 18.1. The highest BCUT2D eigenvalue weighted by atomic mass is 32.2. The maximum Gasteiger partial charge on any atom is 0.264 e. The highest BCUT2D eigenvalue weighted by Crippen LogP contribution is 2.43. The van der Waals surface area contributed by atoms with Gasteiger partial charge in [0.25, 0.3) is 5.91 Å². The molecule has 0 atom stereocenters. The van der Waals surface area contributed by atoms with E-state index in [9.17, 15) is 26.8 Å². The Bertz CT molecular complexity index is 2380. The highest BCUT2D eigenvalue weighted by molar-refractivity contribution is 7.92. The third-order valence-corrected chi connectivity index (χ3v) is 9.48. The molecule has 13 heteroatoms. The van der Waals surface area contributed by atoms with Crippen molar-refractivity contribution in [3.05, 3.63) is 90.0 Å². The standard InChI is InChI=1S/C34H26F2N4O6S/c1-4-47(43,44)38-26-16-30-23(31(34(42)39(3)18(2)41)33(46-30)19-8-10-20(35)11-9-19)14-22(26)25-12-13-29-32(37-25)28-15-21-24(36)6-5-7-27(21)40(28)17-45-29/h5-16,38H,4,17H2,1-3H3. The van der Waals surface area contributed by atoms with E-state index in [4.69, 9.17) is 14.1 Å². The number of amides is 2. The summed E-state index contributed by atoms with van der Waals surface area (Å²) >= 11 is 0. The molecule has 6 aromatic rings. The van der Waals surface area contributed by atoms with Crippen molar-refractivity contribution in [3.8, 4) is 39.7 Å². The van der Waals surface area contributed by atoms with Crippen molar-refractivity contribution in [1.29, 1.82) is 0 Å². The smallest absolute Gasteiger partial charge is 0.264 e. The zero-order valence-electron chi connectivity index (χ0n) is 25.3. The van der Waals surface area contributed by atoms with E-state index in [1.54, 1.807) is 41.0 Å². The Balaban J connectivity index is 1.49. The molecule has 4 heterocycles. The molecule has 10 nitrogen and oxygen atoms in total. The summed E-state index contributed by atoms with van der Waals surface area (Å²) in [6.45, 7) is 2.87. The number of nitrogens with zero attached hydrogens (tertiary/aromatic N) is 3. The third kappa shape index (κ3) is 5.08. The van der Waals surface area contributed by atoms with Crippen LogP contribution in [-0.2, 0) is 21.5 Å². The second-order valence-corrected chi connectivity index (χ2v) is 13.1. The lowest BCUT2D eigenvalue weighted by molar-refractivity contribution is -0.125. The van der Waals surface area contributed by atoms with Gasteiger partial charge in [-0.2, -0.15) is 0 Å². The minimum Gasteiger partial charge on any atom is -0.470 e. The summed E-state index contributed by atoms with van der Waals surface area (Å²) < 4.78 is 70.7. The quantitative estimate of drug-likeness (QED) is 0.209. The SMILES string of the molecule is CCS(=O)(=O)Nc1cc2oc(-c3ccc(F)cc3)c(C(=O)N(C)C(C)=O)c2cc1-c1ccc2c(n1)-c1cc3c(F)cccc3n1CO2. The molecule has 238 valence electrons. The first-order valence-corrected chi connectivity index (χ1v) is 16.2. The molecule has 7 rings (SSSR count). The number of benzene rings is 3. The number of nitrogens with one attached hydrogen (secondary N) is 1. The number of carbonyl (C=O) groups is 2. The highest BCUT2D eigenvalue weighted by Gasteiger charge is 2.29. The van der Waals surface area contributed by atoms with Crippen LogP contribution in [0.2, 0.25) is 0 Å². The number of sulfonamides is 1. The van der Waals surface area contributed by atoms with Crippen LogP contribution in [0.15, 0.2) is 77.2 Å². The summed E-state index contributed by atoms with van der Waals surface area (Å²) in [7, 11) is -2.48. The molecule has 3 aromatic heterocycles. The Morgan fingerprint density at radius 1 is 1.02 bits per heavy atom. The molecule has 1 N–H and O–H groups in total. The van der Waals surface area contributed by atoms with Gasteiger partial charge in [-0.05, 0) is 67.6 Å². The van der Waals surface area contributed by atoms with Gasteiger partial charge in [0.15, 0.2) is 6.73 Å². The molecule has 0 fully saturated rings. The maximum absolute atomic E-state index is 14.7. The predicted molar refractivity (Wildman–Crippen MR) is 172 cm³/mol. The van der Waals surface area contributed by atoms with Crippen molar-refractivity contribution in [1.82, 2.24) is 14.5 Å². The number of rotatable bonds is 6. The molecule has 0 unspecified atom stereocenters. The Kier molecular flexibility index (Phi) is 7.08. The van der Waals surface area contributed by atoms with Crippen molar-refractivity contribution in [2.75, 3.05) is 17.5 Å². The zero-order valence-corrected chi connectivity index (χ0v) is 26.1. The van der Waals surface area contributed by atoms with E-state index < -0.39 is 33.5 Å². The number of carbonyl (C=O) groups excluding carboxylic acids is 2. The van der Waals surface area contributed by atoms with Gasteiger partial charge in [-0.3, -0.25) is 19.2 Å². The van der Waals surface area contributed by atoms with E-state index >= 15 is 0 Å². The number of anilines is 1. The van der Waals surface area contributed by atoms with Gasteiger partial charge in [0, 0.05) is 41.9 Å². The molecule has 0 radical (unpaired) electrons. The normalized spacial score (nSPS) is 12.4. The number of hydrogen-bond donors (Lipinski definition) is 1. The van der Waals surface area contributed by atoms with Crippen molar-refractivity contribution in [2.45, 2.75) is 20.6 Å². The molecule has 1 aliphatic rings. The van der Waals surface area contributed by atoms with E-state index in [0.717, 1.165) is 4.90 Å². The summed E-state index contributed by atoms with van der Waals surface area (Å²) in [5.74, 6) is -1.81. The fourth-order valence-corrected chi connectivity index (χ4v) is 6.27. The summed E-state index contributed by atoms with van der Waals surface area (Å²) in [4.78, 5) is 31.8. The molecular formula is C34H26F2N4O6S. The molecule has 0 spiro atoms.